The average molecular weight is 588 g/mol. The molecule has 1 spiro atoms. The summed E-state index contributed by atoms with van der Waals surface area (Å²) in [5, 5.41) is 6.21. The average Bonchev–Trinajstić information content (AvgIpc) is 3.57. The fourth-order valence-electron chi connectivity index (χ4n) is 6.87. The largest absolute Gasteiger partial charge is 0.379 e. The highest BCUT2D eigenvalue weighted by atomic mass is 79.9. The van der Waals surface area contributed by atoms with Crippen molar-refractivity contribution in [2.75, 3.05) is 44.7 Å². The number of rotatable bonds is 7. The lowest BCUT2D eigenvalue weighted by molar-refractivity contribution is -0.141. The van der Waals surface area contributed by atoms with Crippen LogP contribution in [0.15, 0.2) is 40.9 Å². The Morgan fingerprint density at radius 1 is 1.03 bits per heavy atom. The minimum absolute atomic E-state index is 0.113. The molecular formula is C28H35BrN4O5. The van der Waals surface area contributed by atoms with Gasteiger partial charge in [-0.25, -0.2) is 0 Å². The van der Waals surface area contributed by atoms with Crippen LogP contribution in [0.2, 0.25) is 0 Å². The van der Waals surface area contributed by atoms with Gasteiger partial charge in [-0.3, -0.25) is 19.3 Å². The molecule has 10 heteroatoms. The summed E-state index contributed by atoms with van der Waals surface area (Å²) < 4.78 is 12.8. The molecule has 4 aliphatic heterocycles. The van der Waals surface area contributed by atoms with Gasteiger partial charge in [0.15, 0.2) is 0 Å². The summed E-state index contributed by atoms with van der Waals surface area (Å²) in [6.45, 7) is 3.98. The topological polar surface area (TPSA) is 100 Å². The normalized spacial score (nSPS) is 33.0. The van der Waals surface area contributed by atoms with Gasteiger partial charge in [0.1, 0.15) is 11.6 Å². The Morgan fingerprint density at radius 3 is 2.50 bits per heavy atom. The molecule has 6 rings (SSSR count). The SMILES string of the molecule is O=C(Nc1ccc(Br)cc1)[C@@H]1[C@H]2C=C[C@@]3(O2)[C@H]1C(=O)N(CCN1CCOCC1)[C@@H]3C(=O)NC1CCCCC1. The van der Waals surface area contributed by atoms with E-state index < -0.39 is 29.6 Å². The highest BCUT2D eigenvalue weighted by Gasteiger charge is 2.72. The van der Waals surface area contributed by atoms with E-state index in [4.69, 9.17) is 9.47 Å². The molecule has 2 N–H and O–H groups in total. The van der Waals surface area contributed by atoms with Gasteiger partial charge in [-0.05, 0) is 37.1 Å². The number of likely N-dealkylation sites (tertiary alicyclic amines) is 1. The maximum absolute atomic E-state index is 14.1. The fourth-order valence-corrected chi connectivity index (χ4v) is 7.13. The van der Waals surface area contributed by atoms with Gasteiger partial charge in [-0.15, -0.1) is 0 Å². The van der Waals surface area contributed by atoms with Crippen LogP contribution in [0.3, 0.4) is 0 Å². The summed E-state index contributed by atoms with van der Waals surface area (Å²) in [6.07, 6.45) is 8.49. The van der Waals surface area contributed by atoms with Crippen molar-refractivity contribution in [3.8, 4) is 0 Å². The first-order valence-corrected chi connectivity index (χ1v) is 14.6. The number of amides is 3. The molecule has 5 aliphatic rings. The number of fused-ring (bicyclic) bond motifs is 1. The van der Waals surface area contributed by atoms with E-state index in [1.807, 2.05) is 36.4 Å². The highest BCUT2D eigenvalue weighted by molar-refractivity contribution is 9.10. The number of halogens is 1. The number of nitrogens with zero attached hydrogens (tertiary/aromatic N) is 2. The molecule has 38 heavy (non-hydrogen) atoms. The Labute approximate surface area is 231 Å². The van der Waals surface area contributed by atoms with Crippen molar-refractivity contribution in [1.82, 2.24) is 15.1 Å². The lowest BCUT2D eigenvalue weighted by Gasteiger charge is -2.35. The number of hydrogen-bond donors (Lipinski definition) is 2. The van der Waals surface area contributed by atoms with E-state index in [-0.39, 0.29) is 23.8 Å². The molecule has 3 amide bonds. The molecule has 4 heterocycles. The number of hydrogen-bond acceptors (Lipinski definition) is 6. The summed E-state index contributed by atoms with van der Waals surface area (Å²) in [7, 11) is 0. The zero-order chi connectivity index (χ0) is 26.3. The van der Waals surface area contributed by atoms with Gasteiger partial charge in [0, 0.05) is 42.4 Å². The molecule has 2 bridgehead atoms. The van der Waals surface area contributed by atoms with Crippen molar-refractivity contribution in [2.45, 2.75) is 55.9 Å². The monoisotopic (exact) mass is 586 g/mol. The number of nitrogens with one attached hydrogen (secondary N) is 2. The van der Waals surface area contributed by atoms with Crippen molar-refractivity contribution in [3.63, 3.8) is 0 Å². The van der Waals surface area contributed by atoms with E-state index in [9.17, 15) is 14.4 Å². The third kappa shape index (κ3) is 4.69. The first-order valence-electron chi connectivity index (χ1n) is 13.8. The van der Waals surface area contributed by atoms with Crippen LogP contribution in [-0.2, 0) is 23.9 Å². The first kappa shape index (κ1) is 26.0. The van der Waals surface area contributed by atoms with Crippen molar-refractivity contribution in [3.05, 3.63) is 40.9 Å². The lowest BCUT2D eigenvalue weighted by atomic mass is 9.74. The van der Waals surface area contributed by atoms with Gasteiger partial charge in [0.05, 0.1) is 31.2 Å². The number of carbonyl (C=O) groups is 3. The third-order valence-electron chi connectivity index (χ3n) is 8.75. The third-order valence-corrected chi connectivity index (χ3v) is 9.28. The predicted octanol–water partition coefficient (Wildman–Crippen LogP) is 2.32. The van der Waals surface area contributed by atoms with Crippen molar-refractivity contribution < 1.29 is 23.9 Å². The Morgan fingerprint density at radius 2 is 1.76 bits per heavy atom. The van der Waals surface area contributed by atoms with E-state index >= 15 is 0 Å². The van der Waals surface area contributed by atoms with E-state index in [1.165, 1.54) is 6.42 Å². The van der Waals surface area contributed by atoms with Crippen LogP contribution in [0.5, 0.6) is 0 Å². The van der Waals surface area contributed by atoms with Gasteiger partial charge in [0.25, 0.3) is 0 Å². The number of ether oxygens (including phenoxy) is 2. The summed E-state index contributed by atoms with van der Waals surface area (Å²) >= 11 is 3.41. The molecule has 5 atom stereocenters. The molecule has 1 aromatic rings. The summed E-state index contributed by atoms with van der Waals surface area (Å²) in [5.74, 6) is -2.04. The summed E-state index contributed by atoms with van der Waals surface area (Å²) in [6, 6.07) is 6.65. The Kier molecular flexibility index (Phi) is 7.32. The smallest absolute Gasteiger partial charge is 0.246 e. The summed E-state index contributed by atoms with van der Waals surface area (Å²) in [5.41, 5.74) is -0.479. The highest BCUT2D eigenvalue weighted by Crippen LogP contribution is 2.55. The van der Waals surface area contributed by atoms with Gasteiger partial charge >= 0.3 is 0 Å². The van der Waals surface area contributed by atoms with E-state index in [1.54, 1.807) is 4.90 Å². The van der Waals surface area contributed by atoms with Crippen molar-refractivity contribution >= 4 is 39.3 Å². The van der Waals surface area contributed by atoms with Gasteiger partial charge < -0.3 is 25.0 Å². The number of benzene rings is 1. The van der Waals surface area contributed by atoms with Crippen LogP contribution in [0.1, 0.15) is 32.1 Å². The number of morpholine rings is 1. The maximum atomic E-state index is 14.1. The van der Waals surface area contributed by atoms with Crippen molar-refractivity contribution in [2.24, 2.45) is 11.8 Å². The second-order valence-corrected chi connectivity index (χ2v) is 11.9. The first-order chi connectivity index (χ1) is 18.5. The van der Waals surface area contributed by atoms with E-state index in [0.717, 1.165) is 43.2 Å². The Bertz CT molecular complexity index is 1100. The zero-order valence-corrected chi connectivity index (χ0v) is 23.0. The molecule has 0 unspecified atom stereocenters. The maximum Gasteiger partial charge on any atom is 0.246 e. The molecule has 1 aromatic carbocycles. The lowest BCUT2D eigenvalue weighted by Crippen LogP contribution is -2.57. The van der Waals surface area contributed by atoms with Crippen LogP contribution in [0.4, 0.5) is 5.69 Å². The minimum atomic E-state index is -1.13. The zero-order valence-electron chi connectivity index (χ0n) is 21.4. The van der Waals surface area contributed by atoms with Crippen LogP contribution in [0, 0.1) is 11.8 Å². The molecule has 1 saturated carbocycles. The molecule has 9 nitrogen and oxygen atoms in total. The molecule has 1 aliphatic carbocycles. The van der Waals surface area contributed by atoms with Crippen LogP contribution in [0.25, 0.3) is 0 Å². The standard InChI is InChI=1S/C28H35BrN4O5/c29-18-6-8-20(9-7-18)30-25(34)22-21-10-11-28(38-21)23(22)27(36)33(13-12-32-14-16-37-17-15-32)24(28)26(35)31-19-4-2-1-3-5-19/h6-11,19,21-24H,1-5,12-17H2,(H,30,34)(H,31,35)/t21-,22-,23-,24-,28-/m1/s1. The van der Waals surface area contributed by atoms with Crippen LogP contribution >= 0.6 is 15.9 Å². The van der Waals surface area contributed by atoms with Gasteiger partial charge in [-0.2, -0.15) is 0 Å². The summed E-state index contributed by atoms with van der Waals surface area (Å²) in [4.78, 5) is 45.4. The van der Waals surface area contributed by atoms with Crippen LogP contribution < -0.4 is 10.6 Å². The Hall–Kier alpha value is -2.27. The van der Waals surface area contributed by atoms with Gasteiger partial charge in [-0.1, -0.05) is 47.3 Å². The number of anilines is 1. The molecule has 3 saturated heterocycles. The predicted molar refractivity (Wildman–Crippen MR) is 144 cm³/mol. The molecular weight excluding hydrogens is 552 g/mol. The molecule has 0 radical (unpaired) electrons. The quantitative estimate of drug-likeness (QED) is 0.476. The van der Waals surface area contributed by atoms with Gasteiger partial charge in [0.2, 0.25) is 17.7 Å². The molecule has 204 valence electrons. The van der Waals surface area contributed by atoms with E-state index in [2.05, 4.69) is 31.5 Å². The molecule has 4 fully saturated rings. The second kappa shape index (κ2) is 10.7. The molecule has 0 aromatic heterocycles. The Balaban J connectivity index is 1.26. The van der Waals surface area contributed by atoms with Crippen LogP contribution in [-0.4, -0.2) is 90.7 Å². The van der Waals surface area contributed by atoms with E-state index in [0.29, 0.717) is 32.0 Å². The fraction of sp³-hybridized carbons (Fsp3) is 0.607. The second-order valence-electron chi connectivity index (χ2n) is 11.0. The van der Waals surface area contributed by atoms with Crippen molar-refractivity contribution in [1.29, 1.82) is 0 Å². The minimum Gasteiger partial charge on any atom is -0.379 e. The number of carbonyl (C=O) groups excluding carboxylic acids is 3.